The molecule has 2 amide bonds. The van der Waals surface area contributed by atoms with Crippen LogP contribution >= 0.6 is 0 Å². The maximum Gasteiger partial charge on any atom is 0.271 e. The molecule has 1 aromatic rings. The van der Waals surface area contributed by atoms with E-state index in [1.54, 1.807) is 43.3 Å². The average Bonchev–Trinajstić information content (AvgIpc) is 2.62. The number of nitriles is 1. The maximum atomic E-state index is 12.6. The van der Waals surface area contributed by atoms with Crippen molar-refractivity contribution in [2.24, 2.45) is 0 Å². The van der Waals surface area contributed by atoms with Crippen LogP contribution in [0.5, 0.6) is 5.75 Å². The van der Waals surface area contributed by atoms with Crippen molar-refractivity contribution >= 4 is 17.9 Å². The van der Waals surface area contributed by atoms with Crippen molar-refractivity contribution in [2.45, 2.75) is 6.92 Å². The number of rotatable bonds is 6. The predicted molar refractivity (Wildman–Crippen MR) is 95.3 cm³/mol. The minimum atomic E-state index is -0.588. The Hall–Kier alpha value is -3.39. The van der Waals surface area contributed by atoms with E-state index in [4.69, 9.17) is 4.74 Å². The summed E-state index contributed by atoms with van der Waals surface area (Å²) < 4.78 is 5.42. The monoisotopic (exact) mass is 334 g/mol. The molecular weight excluding hydrogens is 316 g/mol. The second kappa shape index (κ2) is 7.93. The fourth-order valence-electron chi connectivity index (χ4n) is 2.41. The lowest BCUT2D eigenvalue weighted by atomic mass is 9.93. The number of hydrogen-bond acceptors (Lipinski definition) is 4. The van der Waals surface area contributed by atoms with Crippen molar-refractivity contribution in [2.75, 3.05) is 13.2 Å². The van der Waals surface area contributed by atoms with Crippen LogP contribution in [0, 0.1) is 11.3 Å². The molecule has 0 bridgehead atoms. The Morgan fingerprint density at radius 3 is 2.40 bits per heavy atom. The zero-order chi connectivity index (χ0) is 18.4. The van der Waals surface area contributed by atoms with Gasteiger partial charge in [0.1, 0.15) is 24.0 Å². The van der Waals surface area contributed by atoms with E-state index in [-0.39, 0.29) is 12.1 Å². The molecule has 25 heavy (non-hydrogen) atoms. The van der Waals surface area contributed by atoms with E-state index in [0.29, 0.717) is 23.5 Å². The molecule has 0 saturated carbocycles. The smallest absolute Gasteiger partial charge is 0.271 e. The average molecular weight is 334 g/mol. The van der Waals surface area contributed by atoms with Gasteiger partial charge in [-0.1, -0.05) is 30.9 Å². The Kier molecular flexibility index (Phi) is 5.70. The highest BCUT2D eigenvalue weighted by Gasteiger charge is 2.34. The van der Waals surface area contributed by atoms with Crippen molar-refractivity contribution in [3.8, 4) is 11.8 Å². The number of benzene rings is 1. The highest BCUT2D eigenvalue weighted by molar-refractivity contribution is 6.19. The van der Waals surface area contributed by atoms with Crippen molar-refractivity contribution < 1.29 is 14.3 Å². The van der Waals surface area contributed by atoms with Crippen LogP contribution in [-0.4, -0.2) is 29.9 Å². The summed E-state index contributed by atoms with van der Waals surface area (Å²) in [5.74, 6) is -0.339. The molecule has 0 unspecified atom stereocenters. The number of hydrogen-bond donors (Lipinski definition) is 0. The summed E-state index contributed by atoms with van der Waals surface area (Å²) in [4.78, 5) is 25.9. The van der Waals surface area contributed by atoms with Gasteiger partial charge in [0.2, 0.25) is 0 Å². The molecule has 0 aromatic heterocycles. The molecule has 0 saturated heterocycles. The van der Waals surface area contributed by atoms with Gasteiger partial charge in [-0.2, -0.15) is 5.26 Å². The number of amides is 2. The summed E-state index contributed by atoms with van der Waals surface area (Å²) in [5.41, 5.74) is 1.43. The lowest BCUT2D eigenvalue weighted by molar-refractivity contribution is -0.139. The molecule has 0 radical (unpaired) electrons. The molecule has 0 atom stereocenters. The number of carbonyl (C=O) groups is 2. The zero-order valence-corrected chi connectivity index (χ0v) is 14.0. The van der Waals surface area contributed by atoms with Crippen LogP contribution in [-0.2, 0) is 9.59 Å². The molecule has 1 aliphatic rings. The number of imide groups is 1. The quantitative estimate of drug-likeness (QED) is 0.455. The Morgan fingerprint density at radius 1 is 1.16 bits per heavy atom. The second-order valence-corrected chi connectivity index (χ2v) is 5.35. The fourth-order valence-corrected chi connectivity index (χ4v) is 2.41. The largest absolute Gasteiger partial charge is 0.490 e. The van der Waals surface area contributed by atoms with Crippen molar-refractivity contribution in [3.05, 3.63) is 71.9 Å². The van der Waals surface area contributed by atoms with E-state index >= 15 is 0 Å². The maximum absolute atomic E-state index is 12.6. The van der Waals surface area contributed by atoms with Gasteiger partial charge in [0, 0.05) is 12.1 Å². The molecule has 0 aliphatic carbocycles. The first-order valence-corrected chi connectivity index (χ1v) is 7.67. The fraction of sp³-hybridized carbons (Fsp3) is 0.150. The lowest BCUT2D eigenvalue weighted by Gasteiger charge is -2.26. The molecule has 0 spiro atoms. The first-order valence-electron chi connectivity index (χ1n) is 7.67. The lowest BCUT2D eigenvalue weighted by Crippen LogP contribution is -2.42. The molecular formula is C20H18N2O3. The Balaban J connectivity index is 2.42. The van der Waals surface area contributed by atoms with Gasteiger partial charge in [-0.05, 0) is 36.3 Å². The first kappa shape index (κ1) is 18.0. The van der Waals surface area contributed by atoms with Gasteiger partial charge in [-0.3, -0.25) is 14.5 Å². The van der Waals surface area contributed by atoms with Crippen LogP contribution in [0.15, 0.2) is 66.3 Å². The van der Waals surface area contributed by atoms with Crippen LogP contribution in [0.2, 0.25) is 0 Å². The Morgan fingerprint density at radius 2 is 1.84 bits per heavy atom. The summed E-state index contributed by atoms with van der Waals surface area (Å²) in [7, 11) is 0. The highest BCUT2D eigenvalue weighted by atomic mass is 16.5. The minimum absolute atomic E-state index is 0.0290. The van der Waals surface area contributed by atoms with E-state index in [1.165, 1.54) is 6.08 Å². The zero-order valence-electron chi connectivity index (χ0n) is 14.0. The first-order chi connectivity index (χ1) is 12.0. The molecule has 1 aliphatic heterocycles. The van der Waals surface area contributed by atoms with Gasteiger partial charge in [-0.25, -0.2) is 0 Å². The van der Waals surface area contributed by atoms with Gasteiger partial charge in [0.05, 0.1) is 0 Å². The Labute approximate surface area is 146 Å². The molecule has 2 rings (SSSR count). The molecule has 126 valence electrons. The summed E-state index contributed by atoms with van der Waals surface area (Å²) in [5, 5.41) is 9.26. The predicted octanol–water partition coefficient (Wildman–Crippen LogP) is 3.03. The van der Waals surface area contributed by atoms with Gasteiger partial charge < -0.3 is 4.74 Å². The van der Waals surface area contributed by atoms with E-state index in [9.17, 15) is 14.9 Å². The van der Waals surface area contributed by atoms with Crippen LogP contribution in [0.4, 0.5) is 0 Å². The Bertz CT molecular complexity index is 823. The standard InChI is InChI=1S/C20H18N2O3/c1-4-10-22-19(23)17(14(3)18(13-21)20(22)24)12-15-6-8-16(9-7-15)25-11-5-2/h4-9,12H,1-2,10-11H2,3H3/b17-12+. The third kappa shape index (κ3) is 3.75. The third-order valence-corrected chi connectivity index (χ3v) is 3.70. The molecule has 1 heterocycles. The number of nitrogens with zero attached hydrogens (tertiary/aromatic N) is 2. The third-order valence-electron chi connectivity index (χ3n) is 3.70. The van der Waals surface area contributed by atoms with Gasteiger partial charge in [0.25, 0.3) is 11.8 Å². The van der Waals surface area contributed by atoms with Crippen LogP contribution < -0.4 is 4.74 Å². The van der Waals surface area contributed by atoms with Crippen molar-refractivity contribution in [1.82, 2.24) is 4.90 Å². The van der Waals surface area contributed by atoms with E-state index in [2.05, 4.69) is 13.2 Å². The summed E-state index contributed by atoms with van der Waals surface area (Å²) in [6.45, 7) is 9.21. The number of ether oxygens (including phenoxy) is 1. The van der Waals surface area contributed by atoms with E-state index in [1.807, 2.05) is 6.07 Å². The molecule has 1 aromatic carbocycles. The van der Waals surface area contributed by atoms with Gasteiger partial charge in [-0.15, -0.1) is 6.58 Å². The summed E-state index contributed by atoms with van der Waals surface area (Å²) in [6, 6.07) is 9.04. The molecule has 5 nitrogen and oxygen atoms in total. The van der Waals surface area contributed by atoms with E-state index < -0.39 is 11.8 Å². The summed E-state index contributed by atoms with van der Waals surface area (Å²) in [6.07, 6.45) is 4.77. The van der Waals surface area contributed by atoms with Crippen LogP contribution in [0.25, 0.3) is 6.08 Å². The van der Waals surface area contributed by atoms with Crippen molar-refractivity contribution in [3.63, 3.8) is 0 Å². The topological polar surface area (TPSA) is 70.4 Å². The molecule has 0 N–H and O–H groups in total. The second-order valence-electron chi connectivity index (χ2n) is 5.35. The number of carbonyl (C=O) groups excluding carboxylic acids is 2. The van der Waals surface area contributed by atoms with E-state index in [0.717, 1.165) is 10.5 Å². The van der Waals surface area contributed by atoms with Gasteiger partial charge in [0.15, 0.2) is 0 Å². The highest BCUT2D eigenvalue weighted by Crippen LogP contribution is 2.27. The summed E-state index contributed by atoms with van der Waals surface area (Å²) >= 11 is 0. The SMILES string of the molecule is C=CCOc1ccc(/C=C2/C(=O)N(CC=C)C(=O)C(C#N)=C2C)cc1. The minimum Gasteiger partial charge on any atom is -0.490 e. The molecule has 5 heteroatoms. The van der Waals surface area contributed by atoms with Gasteiger partial charge >= 0.3 is 0 Å². The normalized spacial score (nSPS) is 16.0. The van der Waals surface area contributed by atoms with Crippen molar-refractivity contribution in [1.29, 1.82) is 5.26 Å². The van der Waals surface area contributed by atoms with Crippen LogP contribution in [0.3, 0.4) is 0 Å². The van der Waals surface area contributed by atoms with Crippen LogP contribution in [0.1, 0.15) is 12.5 Å². The molecule has 0 fully saturated rings.